The number of hydrogen-bond acceptors (Lipinski definition) is 5. The van der Waals surface area contributed by atoms with E-state index in [9.17, 15) is 9.59 Å². The van der Waals surface area contributed by atoms with Gasteiger partial charge in [-0.2, -0.15) is 5.26 Å². The summed E-state index contributed by atoms with van der Waals surface area (Å²) in [5.41, 5.74) is 1.39. The van der Waals surface area contributed by atoms with E-state index in [1.807, 2.05) is 19.9 Å². The van der Waals surface area contributed by atoms with E-state index in [1.54, 1.807) is 47.0 Å². The number of benzene rings is 2. The number of nitrogens with zero attached hydrogens (tertiary/aromatic N) is 3. The number of rotatable bonds is 6. The minimum Gasteiger partial charge on any atom is -0.325 e. The van der Waals surface area contributed by atoms with Crippen molar-refractivity contribution in [1.82, 2.24) is 9.55 Å². The highest BCUT2D eigenvalue weighted by Gasteiger charge is 2.15. The van der Waals surface area contributed by atoms with E-state index in [2.05, 4.69) is 10.3 Å². The summed E-state index contributed by atoms with van der Waals surface area (Å²) in [6, 6.07) is 13.7. The number of aromatic nitrogens is 2. The first-order chi connectivity index (χ1) is 13.9. The van der Waals surface area contributed by atoms with E-state index >= 15 is 0 Å². The van der Waals surface area contributed by atoms with Crippen LogP contribution in [0.15, 0.2) is 52.4 Å². The molecule has 8 heteroatoms. The molecule has 0 saturated heterocycles. The molecule has 0 spiro atoms. The lowest BCUT2D eigenvalue weighted by Gasteiger charge is -2.15. The van der Waals surface area contributed by atoms with Crippen molar-refractivity contribution in [1.29, 1.82) is 5.26 Å². The van der Waals surface area contributed by atoms with Crippen molar-refractivity contribution in [3.05, 3.63) is 63.4 Å². The molecule has 1 aromatic heterocycles. The van der Waals surface area contributed by atoms with Crippen LogP contribution in [0.3, 0.4) is 0 Å². The van der Waals surface area contributed by atoms with E-state index in [-0.39, 0.29) is 23.1 Å². The SMILES string of the molecule is CC(C)Cn1c(SCC(=O)Nc2cccc(C#N)c2)nc2ccc(Cl)cc2c1=O. The second kappa shape index (κ2) is 9.12. The van der Waals surface area contributed by atoms with Crippen molar-refractivity contribution in [3.63, 3.8) is 0 Å². The zero-order valence-electron chi connectivity index (χ0n) is 16.0. The Balaban J connectivity index is 1.84. The summed E-state index contributed by atoms with van der Waals surface area (Å²) in [5.74, 6) is 0.0695. The largest absolute Gasteiger partial charge is 0.325 e. The van der Waals surface area contributed by atoms with E-state index in [0.717, 1.165) is 0 Å². The van der Waals surface area contributed by atoms with Gasteiger partial charge in [0, 0.05) is 17.3 Å². The number of thioether (sulfide) groups is 1. The quantitative estimate of drug-likeness (QED) is 0.468. The van der Waals surface area contributed by atoms with E-state index in [4.69, 9.17) is 16.9 Å². The molecule has 0 aliphatic heterocycles. The number of hydrogen-bond donors (Lipinski definition) is 1. The maximum Gasteiger partial charge on any atom is 0.262 e. The second-order valence-corrected chi connectivity index (χ2v) is 8.27. The first kappa shape index (κ1) is 20.9. The number of fused-ring (bicyclic) bond motifs is 1. The van der Waals surface area contributed by atoms with Crippen LogP contribution in [0.25, 0.3) is 10.9 Å². The Morgan fingerprint density at radius 1 is 1.31 bits per heavy atom. The molecule has 3 rings (SSSR count). The van der Waals surface area contributed by atoms with Gasteiger partial charge in [0.2, 0.25) is 5.91 Å². The predicted octanol–water partition coefficient (Wildman–Crippen LogP) is 4.31. The van der Waals surface area contributed by atoms with Crippen LogP contribution in [0, 0.1) is 17.2 Å². The number of amides is 1. The lowest BCUT2D eigenvalue weighted by Crippen LogP contribution is -2.26. The third-order valence-electron chi connectivity index (χ3n) is 4.04. The van der Waals surface area contributed by atoms with Gasteiger partial charge >= 0.3 is 0 Å². The van der Waals surface area contributed by atoms with Crippen LogP contribution >= 0.6 is 23.4 Å². The monoisotopic (exact) mass is 426 g/mol. The number of nitriles is 1. The molecule has 29 heavy (non-hydrogen) atoms. The molecule has 0 fully saturated rings. The molecule has 1 heterocycles. The van der Waals surface area contributed by atoms with Gasteiger partial charge in [0.25, 0.3) is 5.56 Å². The fourth-order valence-electron chi connectivity index (χ4n) is 2.80. The fraction of sp³-hybridized carbons (Fsp3) is 0.238. The van der Waals surface area contributed by atoms with Gasteiger partial charge in [-0.3, -0.25) is 14.2 Å². The van der Waals surface area contributed by atoms with Gasteiger partial charge in [-0.05, 0) is 42.3 Å². The molecule has 1 amide bonds. The van der Waals surface area contributed by atoms with Crippen LogP contribution < -0.4 is 10.9 Å². The molecule has 0 atom stereocenters. The van der Waals surface area contributed by atoms with E-state index < -0.39 is 0 Å². The topological polar surface area (TPSA) is 87.8 Å². The fourth-order valence-corrected chi connectivity index (χ4v) is 3.78. The molecule has 0 aliphatic carbocycles. The summed E-state index contributed by atoms with van der Waals surface area (Å²) in [4.78, 5) is 29.9. The molecule has 0 radical (unpaired) electrons. The molecule has 6 nitrogen and oxygen atoms in total. The molecule has 3 aromatic rings. The van der Waals surface area contributed by atoms with E-state index in [1.165, 1.54) is 11.8 Å². The Morgan fingerprint density at radius 2 is 2.10 bits per heavy atom. The van der Waals surface area contributed by atoms with Crippen molar-refractivity contribution in [3.8, 4) is 6.07 Å². The van der Waals surface area contributed by atoms with Crippen molar-refractivity contribution in [2.24, 2.45) is 5.92 Å². The highest BCUT2D eigenvalue weighted by atomic mass is 35.5. The maximum absolute atomic E-state index is 13.0. The highest BCUT2D eigenvalue weighted by molar-refractivity contribution is 7.99. The zero-order chi connectivity index (χ0) is 21.0. The molecular formula is C21H19ClN4O2S. The van der Waals surface area contributed by atoms with Crippen LogP contribution in [0.5, 0.6) is 0 Å². The highest BCUT2D eigenvalue weighted by Crippen LogP contribution is 2.21. The molecule has 0 saturated carbocycles. The van der Waals surface area contributed by atoms with Gasteiger partial charge in [-0.1, -0.05) is 43.3 Å². The smallest absolute Gasteiger partial charge is 0.262 e. The molecule has 148 valence electrons. The Bertz CT molecular complexity index is 1170. The van der Waals surface area contributed by atoms with Crippen LogP contribution in [0.4, 0.5) is 5.69 Å². The van der Waals surface area contributed by atoms with Gasteiger partial charge in [0.15, 0.2) is 5.16 Å². The summed E-state index contributed by atoms with van der Waals surface area (Å²) < 4.78 is 1.59. The van der Waals surface area contributed by atoms with Crippen molar-refractivity contribution >= 4 is 45.9 Å². The molecule has 0 bridgehead atoms. The van der Waals surface area contributed by atoms with Crippen molar-refractivity contribution in [2.75, 3.05) is 11.1 Å². The average molecular weight is 427 g/mol. The lowest BCUT2D eigenvalue weighted by molar-refractivity contribution is -0.113. The summed E-state index contributed by atoms with van der Waals surface area (Å²) in [6.45, 7) is 4.51. The Labute approximate surface area is 177 Å². The first-order valence-corrected chi connectivity index (χ1v) is 10.4. The molecule has 0 aliphatic rings. The summed E-state index contributed by atoms with van der Waals surface area (Å²) in [5, 5.41) is 13.2. The van der Waals surface area contributed by atoms with Gasteiger partial charge in [0.1, 0.15) is 0 Å². The van der Waals surface area contributed by atoms with Crippen LogP contribution in [0.1, 0.15) is 19.4 Å². The molecule has 1 N–H and O–H groups in total. The van der Waals surface area contributed by atoms with Crippen LogP contribution in [-0.4, -0.2) is 21.2 Å². The van der Waals surface area contributed by atoms with Crippen molar-refractivity contribution in [2.45, 2.75) is 25.5 Å². The number of anilines is 1. The normalized spacial score (nSPS) is 10.9. The number of nitrogens with one attached hydrogen (secondary N) is 1. The third-order valence-corrected chi connectivity index (χ3v) is 5.25. The number of halogens is 1. The standard InChI is InChI=1S/C21H19ClN4O2S/c1-13(2)11-26-20(28)17-9-15(22)6-7-18(17)25-21(26)29-12-19(27)24-16-5-3-4-14(8-16)10-23/h3-9,13H,11-12H2,1-2H3,(H,24,27). The lowest BCUT2D eigenvalue weighted by atomic mass is 10.2. The first-order valence-electron chi connectivity index (χ1n) is 9.00. The van der Waals surface area contributed by atoms with Gasteiger partial charge in [-0.15, -0.1) is 0 Å². The minimum atomic E-state index is -0.244. The van der Waals surface area contributed by atoms with Gasteiger partial charge in [-0.25, -0.2) is 4.98 Å². The van der Waals surface area contributed by atoms with Gasteiger partial charge in [0.05, 0.1) is 28.3 Å². The average Bonchev–Trinajstić information content (AvgIpc) is 2.69. The van der Waals surface area contributed by atoms with Crippen LogP contribution in [-0.2, 0) is 11.3 Å². The van der Waals surface area contributed by atoms with Crippen molar-refractivity contribution < 1.29 is 4.79 Å². The van der Waals surface area contributed by atoms with Crippen LogP contribution in [0.2, 0.25) is 5.02 Å². The minimum absolute atomic E-state index is 0.0837. The second-order valence-electron chi connectivity index (χ2n) is 6.89. The Morgan fingerprint density at radius 3 is 2.83 bits per heavy atom. The Kier molecular flexibility index (Phi) is 6.57. The summed E-state index contributed by atoms with van der Waals surface area (Å²) >= 11 is 7.24. The maximum atomic E-state index is 13.0. The van der Waals surface area contributed by atoms with Gasteiger partial charge < -0.3 is 5.32 Å². The van der Waals surface area contributed by atoms with E-state index in [0.29, 0.717) is 38.9 Å². The number of carbonyl (C=O) groups excluding carboxylic acids is 1. The zero-order valence-corrected chi connectivity index (χ0v) is 17.5. The number of carbonyl (C=O) groups is 1. The Hall–Kier alpha value is -2.82. The predicted molar refractivity (Wildman–Crippen MR) is 116 cm³/mol. The summed E-state index contributed by atoms with van der Waals surface area (Å²) in [7, 11) is 0. The summed E-state index contributed by atoms with van der Waals surface area (Å²) in [6.07, 6.45) is 0. The molecule has 2 aromatic carbocycles. The third kappa shape index (κ3) is 5.17. The molecule has 0 unspecified atom stereocenters. The molecular weight excluding hydrogens is 408 g/mol.